The van der Waals surface area contributed by atoms with Crippen molar-refractivity contribution < 1.29 is 13.7 Å². The van der Waals surface area contributed by atoms with E-state index in [0.717, 1.165) is 35.6 Å². The first-order chi connectivity index (χ1) is 12.1. The number of aromatic nitrogens is 3. The summed E-state index contributed by atoms with van der Waals surface area (Å²) in [6.07, 6.45) is 5.37. The smallest absolute Gasteiger partial charge is 0.226 e. The second kappa shape index (κ2) is 6.33. The lowest BCUT2D eigenvalue weighted by atomic mass is 10.1. The molecular weight excluding hydrogens is 320 g/mol. The summed E-state index contributed by atoms with van der Waals surface area (Å²) in [4.78, 5) is 11.5. The van der Waals surface area contributed by atoms with E-state index >= 15 is 0 Å². The lowest BCUT2D eigenvalue weighted by molar-refractivity contribution is -0.00571. The van der Waals surface area contributed by atoms with E-state index in [-0.39, 0.29) is 12.2 Å². The van der Waals surface area contributed by atoms with Crippen LogP contribution in [0.4, 0.5) is 5.95 Å². The molecule has 7 heteroatoms. The fraction of sp³-hybridized carbons (Fsp3) is 0.389. The lowest BCUT2D eigenvalue weighted by Gasteiger charge is -2.35. The third-order valence-corrected chi connectivity index (χ3v) is 4.17. The van der Waals surface area contributed by atoms with Crippen LogP contribution in [-0.2, 0) is 4.74 Å². The summed E-state index contributed by atoms with van der Waals surface area (Å²) in [5.41, 5.74) is 3.25. The fourth-order valence-electron chi connectivity index (χ4n) is 3.16. The van der Waals surface area contributed by atoms with Crippen LogP contribution in [0.1, 0.15) is 19.5 Å². The van der Waals surface area contributed by atoms with E-state index in [4.69, 9.17) is 18.7 Å². The van der Waals surface area contributed by atoms with Crippen LogP contribution in [0.3, 0.4) is 0 Å². The van der Waals surface area contributed by atoms with Gasteiger partial charge in [-0.1, -0.05) is 5.16 Å². The van der Waals surface area contributed by atoms with Crippen LogP contribution in [0.25, 0.3) is 22.6 Å². The molecule has 0 aliphatic carbocycles. The Balaban J connectivity index is 1.77. The highest BCUT2D eigenvalue weighted by Gasteiger charge is 2.25. The SMILES string of the molecule is Cc1cc(-c2cnc(N3C[C@@H](C)O[C@@H](C)C3)nc2-c2ccoc2)on1. The molecule has 4 heterocycles. The predicted molar refractivity (Wildman–Crippen MR) is 92.2 cm³/mol. The van der Waals surface area contributed by atoms with Gasteiger partial charge in [-0.15, -0.1) is 0 Å². The first-order valence-corrected chi connectivity index (χ1v) is 8.34. The first-order valence-electron chi connectivity index (χ1n) is 8.34. The number of anilines is 1. The maximum atomic E-state index is 5.80. The van der Waals surface area contributed by atoms with E-state index in [2.05, 4.69) is 28.9 Å². The van der Waals surface area contributed by atoms with Crippen LogP contribution in [0, 0.1) is 6.92 Å². The van der Waals surface area contributed by atoms with Crippen LogP contribution in [-0.4, -0.2) is 40.4 Å². The maximum absolute atomic E-state index is 5.80. The zero-order valence-electron chi connectivity index (χ0n) is 14.5. The molecule has 3 aromatic heterocycles. The van der Waals surface area contributed by atoms with Gasteiger partial charge in [-0.05, 0) is 26.8 Å². The average molecular weight is 340 g/mol. The molecule has 1 aliphatic rings. The van der Waals surface area contributed by atoms with Crippen LogP contribution < -0.4 is 4.90 Å². The summed E-state index contributed by atoms with van der Waals surface area (Å²) in [6, 6.07) is 3.75. The Morgan fingerprint density at radius 2 is 2.00 bits per heavy atom. The average Bonchev–Trinajstić information content (AvgIpc) is 3.25. The molecule has 0 N–H and O–H groups in total. The molecule has 1 saturated heterocycles. The minimum absolute atomic E-state index is 0.140. The number of morpholine rings is 1. The Morgan fingerprint density at radius 3 is 2.64 bits per heavy atom. The van der Waals surface area contributed by atoms with Gasteiger partial charge in [0.1, 0.15) is 0 Å². The summed E-state index contributed by atoms with van der Waals surface area (Å²) in [5.74, 6) is 1.32. The van der Waals surface area contributed by atoms with Crippen LogP contribution in [0.15, 0.2) is 39.8 Å². The summed E-state index contributed by atoms with van der Waals surface area (Å²) < 4.78 is 16.5. The maximum Gasteiger partial charge on any atom is 0.226 e. The van der Waals surface area contributed by atoms with Gasteiger partial charge in [-0.3, -0.25) is 0 Å². The second-order valence-electron chi connectivity index (χ2n) is 6.44. The zero-order valence-corrected chi connectivity index (χ0v) is 14.5. The third-order valence-electron chi connectivity index (χ3n) is 4.17. The van der Waals surface area contributed by atoms with Crippen molar-refractivity contribution >= 4 is 5.95 Å². The van der Waals surface area contributed by atoms with Crippen molar-refractivity contribution in [2.24, 2.45) is 0 Å². The Kier molecular flexibility index (Phi) is 4.01. The first kappa shape index (κ1) is 15.8. The van der Waals surface area contributed by atoms with Crippen molar-refractivity contribution in [1.82, 2.24) is 15.1 Å². The normalized spacial score (nSPS) is 20.8. The topological polar surface area (TPSA) is 77.4 Å². The predicted octanol–water partition coefficient (Wildman–Crippen LogP) is 3.31. The van der Waals surface area contributed by atoms with E-state index in [1.807, 2.05) is 19.1 Å². The molecule has 7 nitrogen and oxygen atoms in total. The van der Waals surface area contributed by atoms with Gasteiger partial charge >= 0.3 is 0 Å². The molecule has 3 aromatic rings. The minimum atomic E-state index is 0.140. The molecular formula is C18H20N4O3. The third kappa shape index (κ3) is 3.15. The van der Waals surface area contributed by atoms with Crippen molar-refractivity contribution in [1.29, 1.82) is 0 Å². The van der Waals surface area contributed by atoms with E-state index < -0.39 is 0 Å². The molecule has 0 radical (unpaired) electrons. The van der Waals surface area contributed by atoms with Gasteiger partial charge in [0.2, 0.25) is 5.95 Å². The molecule has 0 amide bonds. The number of hydrogen-bond acceptors (Lipinski definition) is 7. The summed E-state index contributed by atoms with van der Waals surface area (Å²) >= 11 is 0. The Morgan fingerprint density at radius 1 is 1.20 bits per heavy atom. The van der Waals surface area contributed by atoms with Gasteiger partial charge in [0, 0.05) is 30.9 Å². The Hall–Kier alpha value is -2.67. The molecule has 2 atom stereocenters. The number of aryl methyl sites for hydroxylation is 1. The molecule has 1 aliphatic heterocycles. The molecule has 4 rings (SSSR count). The number of ether oxygens (including phenoxy) is 1. The molecule has 1 fully saturated rings. The zero-order chi connectivity index (χ0) is 17.4. The monoisotopic (exact) mass is 340 g/mol. The van der Waals surface area contributed by atoms with Crippen molar-refractivity contribution in [2.45, 2.75) is 33.0 Å². The van der Waals surface area contributed by atoms with Gasteiger partial charge in [0.25, 0.3) is 0 Å². The number of rotatable bonds is 3. The van der Waals surface area contributed by atoms with Gasteiger partial charge in [0.05, 0.1) is 41.7 Å². The van der Waals surface area contributed by atoms with Crippen LogP contribution in [0.5, 0.6) is 0 Å². The van der Waals surface area contributed by atoms with Crippen molar-refractivity contribution in [3.05, 3.63) is 36.5 Å². The Labute approximate surface area is 145 Å². The Bertz CT molecular complexity index is 849. The fourth-order valence-corrected chi connectivity index (χ4v) is 3.16. The van der Waals surface area contributed by atoms with Gasteiger partial charge < -0.3 is 18.6 Å². The van der Waals surface area contributed by atoms with Crippen LogP contribution >= 0.6 is 0 Å². The summed E-state index contributed by atoms with van der Waals surface area (Å²) in [5, 5.41) is 3.97. The molecule has 0 spiro atoms. The van der Waals surface area contributed by atoms with Gasteiger partial charge in [-0.2, -0.15) is 0 Å². The largest absolute Gasteiger partial charge is 0.472 e. The van der Waals surface area contributed by atoms with Gasteiger partial charge in [0.15, 0.2) is 5.76 Å². The highest BCUT2D eigenvalue weighted by Crippen LogP contribution is 2.32. The van der Waals surface area contributed by atoms with Crippen molar-refractivity contribution in [3.63, 3.8) is 0 Å². The highest BCUT2D eigenvalue weighted by molar-refractivity contribution is 5.78. The minimum Gasteiger partial charge on any atom is -0.472 e. The van der Waals surface area contributed by atoms with E-state index in [1.54, 1.807) is 18.7 Å². The quantitative estimate of drug-likeness (QED) is 0.724. The standard InChI is InChI=1S/C18H20N4O3/c1-11-6-16(25-21-11)15-7-19-18(20-17(15)14-4-5-23-10-14)22-8-12(2)24-13(3)9-22/h4-7,10,12-13H,8-9H2,1-3H3/t12-,13+. The summed E-state index contributed by atoms with van der Waals surface area (Å²) in [6.45, 7) is 7.53. The molecule has 25 heavy (non-hydrogen) atoms. The van der Waals surface area contributed by atoms with E-state index in [1.165, 1.54) is 0 Å². The molecule has 0 unspecified atom stereocenters. The van der Waals surface area contributed by atoms with E-state index in [0.29, 0.717) is 11.7 Å². The molecule has 0 bridgehead atoms. The second-order valence-corrected chi connectivity index (χ2v) is 6.44. The number of nitrogens with zero attached hydrogens (tertiary/aromatic N) is 4. The number of furan rings is 1. The molecule has 0 aromatic carbocycles. The van der Waals surface area contributed by atoms with Crippen molar-refractivity contribution in [2.75, 3.05) is 18.0 Å². The van der Waals surface area contributed by atoms with Gasteiger partial charge in [-0.25, -0.2) is 9.97 Å². The molecule has 130 valence electrons. The number of hydrogen-bond donors (Lipinski definition) is 0. The highest BCUT2D eigenvalue weighted by atomic mass is 16.5. The lowest BCUT2D eigenvalue weighted by Crippen LogP contribution is -2.46. The van der Waals surface area contributed by atoms with Crippen LogP contribution in [0.2, 0.25) is 0 Å². The van der Waals surface area contributed by atoms with E-state index in [9.17, 15) is 0 Å². The molecule has 0 saturated carbocycles. The summed E-state index contributed by atoms with van der Waals surface area (Å²) in [7, 11) is 0. The van der Waals surface area contributed by atoms with Crippen molar-refractivity contribution in [3.8, 4) is 22.6 Å².